The average molecular weight is 226 g/mol. The molecule has 1 rings (SSSR count). The highest BCUT2D eigenvalue weighted by Crippen LogP contribution is 2.29. The van der Waals surface area contributed by atoms with Crippen LogP contribution in [0.4, 0.5) is 0 Å². The van der Waals surface area contributed by atoms with E-state index >= 15 is 0 Å². The van der Waals surface area contributed by atoms with Gasteiger partial charge in [0.15, 0.2) is 0 Å². The zero-order valence-electron chi connectivity index (χ0n) is 11.8. The van der Waals surface area contributed by atoms with Crippen LogP contribution in [0.25, 0.3) is 0 Å². The standard InChI is InChI=1S/C15H32N/c1-4-12-16(13-5-2,14-6-3)15-10-8-7-9-11-15/h15H,4-14H2,1-3H3/q+1. The molecular formula is C15H32N+. The van der Waals surface area contributed by atoms with Gasteiger partial charge < -0.3 is 4.48 Å². The number of hydrogen-bond donors (Lipinski definition) is 0. The summed E-state index contributed by atoms with van der Waals surface area (Å²) in [7, 11) is 0. The molecule has 1 heteroatoms. The van der Waals surface area contributed by atoms with E-state index in [1.54, 1.807) is 0 Å². The van der Waals surface area contributed by atoms with Crippen LogP contribution in [0.3, 0.4) is 0 Å². The Balaban J connectivity index is 2.70. The van der Waals surface area contributed by atoms with Crippen LogP contribution >= 0.6 is 0 Å². The first-order chi connectivity index (χ1) is 7.79. The summed E-state index contributed by atoms with van der Waals surface area (Å²) in [4.78, 5) is 0. The van der Waals surface area contributed by atoms with Crippen LogP contribution in [0.2, 0.25) is 0 Å². The average Bonchev–Trinajstić information content (AvgIpc) is 2.31. The molecule has 96 valence electrons. The third kappa shape index (κ3) is 3.48. The molecule has 0 heterocycles. The first-order valence-corrected chi connectivity index (χ1v) is 7.64. The molecule has 1 aliphatic rings. The molecule has 0 unspecified atom stereocenters. The molecule has 0 N–H and O–H groups in total. The summed E-state index contributed by atoms with van der Waals surface area (Å²) < 4.78 is 1.45. The van der Waals surface area contributed by atoms with Gasteiger partial charge in [0.25, 0.3) is 0 Å². The molecule has 0 amide bonds. The molecule has 0 atom stereocenters. The fraction of sp³-hybridized carbons (Fsp3) is 1.00. The second kappa shape index (κ2) is 7.32. The smallest absolute Gasteiger partial charge is 0.0890 e. The van der Waals surface area contributed by atoms with Gasteiger partial charge in [0.05, 0.1) is 25.7 Å². The predicted molar refractivity (Wildman–Crippen MR) is 72.6 cm³/mol. The predicted octanol–water partition coefficient (Wildman–Crippen LogP) is 4.37. The highest BCUT2D eigenvalue weighted by atomic mass is 15.4. The van der Waals surface area contributed by atoms with Crippen LogP contribution < -0.4 is 0 Å². The van der Waals surface area contributed by atoms with Crippen molar-refractivity contribution in [1.82, 2.24) is 0 Å². The molecule has 0 bridgehead atoms. The van der Waals surface area contributed by atoms with E-state index in [4.69, 9.17) is 0 Å². The summed E-state index contributed by atoms with van der Waals surface area (Å²) in [5.41, 5.74) is 0. The molecule has 0 aromatic rings. The molecule has 0 aromatic heterocycles. The molecule has 0 saturated heterocycles. The third-order valence-corrected chi connectivity index (χ3v) is 4.36. The lowest BCUT2D eigenvalue weighted by molar-refractivity contribution is -0.952. The first kappa shape index (κ1) is 14.0. The van der Waals surface area contributed by atoms with Gasteiger partial charge in [-0.05, 0) is 44.9 Å². The monoisotopic (exact) mass is 226 g/mol. The fourth-order valence-corrected chi connectivity index (χ4v) is 3.85. The first-order valence-electron chi connectivity index (χ1n) is 7.64. The van der Waals surface area contributed by atoms with Gasteiger partial charge in [-0.1, -0.05) is 27.2 Å². The van der Waals surface area contributed by atoms with Crippen LogP contribution in [0.15, 0.2) is 0 Å². The van der Waals surface area contributed by atoms with Crippen molar-refractivity contribution in [2.45, 2.75) is 78.2 Å². The van der Waals surface area contributed by atoms with Crippen molar-refractivity contribution >= 4 is 0 Å². The SMILES string of the molecule is CCC[N+](CCC)(CCC)C1CCCCC1. The topological polar surface area (TPSA) is 0 Å². The number of rotatable bonds is 7. The second-order valence-electron chi connectivity index (χ2n) is 5.68. The molecule has 0 spiro atoms. The lowest BCUT2D eigenvalue weighted by atomic mass is 9.91. The van der Waals surface area contributed by atoms with Crippen molar-refractivity contribution in [3.05, 3.63) is 0 Å². The van der Waals surface area contributed by atoms with Crippen LogP contribution in [-0.2, 0) is 0 Å². The van der Waals surface area contributed by atoms with E-state index in [-0.39, 0.29) is 0 Å². The quantitative estimate of drug-likeness (QED) is 0.566. The van der Waals surface area contributed by atoms with Crippen LogP contribution in [0, 0.1) is 0 Å². The molecule has 0 aromatic carbocycles. The maximum atomic E-state index is 2.36. The van der Waals surface area contributed by atoms with Crippen molar-refractivity contribution in [2.24, 2.45) is 0 Å². The van der Waals surface area contributed by atoms with Gasteiger partial charge in [-0.15, -0.1) is 0 Å². The summed E-state index contributed by atoms with van der Waals surface area (Å²) in [5.74, 6) is 0. The lowest BCUT2D eigenvalue weighted by Crippen LogP contribution is -2.57. The van der Waals surface area contributed by atoms with Crippen LogP contribution in [0.5, 0.6) is 0 Å². The zero-order valence-corrected chi connectivity index (χ0v) is 11.8. The van der Waals surface area contributed by atoms with E-state index in [9.17, 15) is 0 Å². The fourth-order valence-electron chi connectivity index (χ4n) is 3.85. The van der Waals surface area contributed by atoms with Crippen molar-refractivity contribution in [3.8, 4) is 0 Å². The van der Waals surface area contributed by atoms with Gasteiger partial charge in [-0.2, -0.15) is 0 Å². The van der Waals surface area contributed by atoms with Crippen molar-refractivity contribution < 1.29 is 4.48 Å². The van der Waals surface area contributed by atoms with Crippen molar-refractivity contribution in [3.63, 3.8) is 0 Å². The Morgan fingerprint density at radius 1 is 0.750 bits per heavy atom. The second-order valence-corrected chi connectivity index (χ2v) is 5.68. The van der Waals surface area contributed by atoms with E-state index < -0.39 is 0 Å². The van der Waals surface area contributed by atoms with Gasteiger partial charge in [0.2, 0.25) is 0 Å². The summed E-state index contributed by atoms with van der Waals surface area (Å²) in [6, 6.07) is 0.994. The molecule has 1 fully saturated rings. The molecule has 1 saturated carbocycles. The number of quaternary nitrogens is 1. The molecule has 1 nitrogen and oxygen atoms in total. The van der Waals surface area contributed by atoms with Gasteiger partial charge in [0, 0.05) is 0 Å². The Morgan fingerprint density at radius 3 is 1.56 bits per heavy atom. The number of nitrogens with zero attached hydrogens (tertiary/aromatic N) is 1. The minimum Gasteiger partial charge on any atom is -0.321 e. The Morgan fingerprint density at radius 2 is 1.19 bits per heavy atom. The van der Waals surface area contributed by atoms with Crippen LogP contribution in [0.1, 0.15) is 72.1 Å². The minimum absolute atomic E-state index is 0.994. The molecule has 1 aliphatic carbocycles. The molecule has 0 radical (unpaired) electrons. The third-order valence-electron chi connectivity index (χ3n) is 4.36. The van der Waals surface area contributed by atoms with Crippen LogP contribution in [-0.4, -0.2) is 30.2 Å². The van der Waals surface area contributed by atoms with Gasteiger partial charge >= 0.3 is 0 Å². The van der Waals surface area contributed by atoms with Crippen molar-refractivity contribution in [2.75, 3.05) is 19.6 Å². The molecular weight excluding hydrogens is 194 g/mol. The van der Waals surface area contributed by atoms with E-state index in [1.165, 1.54) is 75.5 Å². The Kier molecular flexibility index (Phi) is 6.41. The maximum Gasteiger partial charge on any atom is 0.0890 e. The highest BCUT2D eigenvalue weighted by Gasteiger charge is 2.35. The van der Waals surface area contributed by atoms with E-state index in [0.717, 1.165) is 6.04 Å². The Hall–Kier alpha value is -0.0400. The van der Waals surface area contributed by atoms with E-state index in [2.05, 4.69) is 20.8 Å². The van der Waals surface area contributed by atoms with Gasteiger partial charge in [-0.25, -0.2) is 0 Å². The lowest BCUT2D eigenvalue weighted by Gasteiger charge is -2.46. The maximum absolute atomic E-state index is 2.36. The molecule has 16 heavy (non-hydrogen) atoms. The van der Waals surface area contributed by atoms with E-state index in [1.807, 2.05) is 0 Å². The van der Waals surface area contributed by atoms with Gasteiger partial charge in [-0.3, -0.25) is 0 Å². The normalized spacial score (nSPS) is 18.9. The highest BCUT2D eigenvalue weighted by molar-refractivity contribution is 4.68. The number of hydrogen-bond acceptors (Lipinski definition) is 0. The summed E-state index contributed by atoms with van der Waals surface area (Å²) in [5, 5.41) is 0. The Labute approximate surface area is 103 Å². The summed E-state index contributed by atoms with van der Waals surface area (Å²) in [6.07, 6.45) is 11.5. The van der Waals surface area contributed by atoms with Gasteiger partial charge in [0.1, 0.15) is 0 Å². The van der Waals surface area contributed by atoms with E-state index in [0.29, 0.717) is 0 Å². The van der Waals surface area contributed by atoms with Crippen molar-refractivity contribution in [1.29, 1.82) is 0 Å². The molecule has 0 aliphatic heterocycles. The Bertz CT molecular complexity index is 153. The summed E-state index contributed by atoms with van der Waals surface area (Å²) >= 11 is 0. The zero-order chi connectivity index (χ0) is 11.9. The largest absolute Gasteiger partial charge is 0.321 e. The summed E-state index contributed by atoms with van der Waals surface area (Å²) in [6.45, 7) is 11.4. The minimum atomic E-state index is 0.994.